The Bertz CT molecular complexity index is 367. The van der Waals surface area contributed by atoms with Crippen molar-refractivity contribution in [2.24, 2.45) is 0 Å². The van der Waals surface area contributed by atoms with E-state index < -0.39 is 0 Å². The number of amides is 1. The van der Waals surface area contributed by atoms with Crippen LogP contribution in [-0.2, 0) is 4.79 Å². The average Bonchev–Trinajstić information content (AvgIpc) is 2.31. The number of rotatable bonds is 5. The quantitative estimate of drug-likeness (QED) is 0.734. The number of nitrogens with one attached hydrogen (secondary N) is 2. The SMILES string of the molecule is C#CC(CC)NCC(=O)Nc1ccccc1. The number of hydrogen-bond acceptors (Lipinski definition) is 2. The molecular weight excluding hydrogens is 200 g/mol. The lowest BCUT2D eigenvalue weighted by atomic mass is 10.2. The standard InChI is InChI=1S/C13H16N2O/c1-3-11(4-2)14-10-13(16)15-12-8-6-5-7-9-12/h1,5-9,11,14H,4,10H2,2H3,(H,15,16). The molecule has 2 N–H and O–H groups in total. The van der Waals surface area contributed by atoms with Crippen molar-refractivity contribution >= 4 is 11.6 Å². The Hall–Kier alpha value is -1.79. The molecule has 0 radical (unpaired) electrons. The topological polar surface area (TPSA) is 41.1 Å². The molecule has 0 bridgehead atoms. The molecular formula is C13H16N2O. The second-order valence-electron chi connectivity index (χ2n) is 3.42. The average molecular weight is 216 g/mol. The van der Waals surface area contributed by atoms with Gasteiger partial charge in [-0.25, -0.2) is 0 Å². The molecule has 0 heterocycles. The van der Waals surface area contributed by atoms with Crippen LogP contribution >= 0.6 is 0 Å². The fraction of sp³-hybridized carbons (Fsp3) is 0.308. The van der Waals surface area contributed by atoms with Gasteiger partial charge in [0, 0.05) is 5.69 Å². The maximum absolute atomic E-state index is 11.5. The predicted molar refractivity (Wildman–Crippen MR) is 66.0 cm³/mol. The molecule has 0 spiro atoms. The number of carbonyl (C=O) groups is 1. The minimum atomic E-state index is -0.0834. The van der Waals surface area contributed by atoms with Gasteiger partial charge < -0.3 is 5.32 Å². The maximum atomic E-state index is 11.5. The third-order valence-electron chi connectivity index (χ3n) is 2.18. The highest BCUT2D eigenvalue weighted by molar-refractivity contribution is 5.92. The van der Waals surface area contributed by atoms with E-state index in [2.05, 4.69) is 16.6 Å². The van der Waals surface area contributed by atoms with Crippen molar-refractivity contribution in [1.82, 2.24) is 5.32 Å². The van der Waals surface area contributed by atoms with Crippen molar-refractivity contribution in [3.05, 3.63) is 30.3 Å². The second kappa shape index (κ2) is 6.65. The summed E-state index contributed by atoms with van der Waals surface area (Å²) in [5.41, 5.74) is 0.794. The molecule has 1 aromatic carbocycles. The molecule has 0 aromatic heterocycles. The van der Waals surface area contributed by atoms with Gasteiger partial charge in [-0.3, -0.25) is 10.1 Å². The van der Waals surface area contributed by atoms with E-state index in [1.54, 1.807) is 0 Å². The highest BCUT2D eigenvalue weighted by Gasteiger charge is 2.05. The molecule has 0 aliphatic carbocycles. The largest absolute Gasteiger partial charge is 0.325 e. The summed E-state index contributed by atoms with van der Waals surface area (Å²) >= 11 is 0. The van der Waals surface area contributed by atoms with Gasteiger partial charge in [-0.15, -0.1) is 6.42 Å². The molecule has 0 aliphatic heterocycles. The van der Waals surface area contributed by atoms with Crippen LogP contribution in [0, 0.1) is 12.3 Å². The summed E-state index contributed by atoms with van der Waals surface area (Å²) in [5, 5.41) is 5.77. The molecule has 0 fully saturated rings. The van der Waals surface area contributed by atoms with Crippen LogP contribution in [0.4, 0.5) is 5.69 Å². The summed E-state index contributed by atoms with van der Waals surface area (Å²) < 4.78 is 0. The Kier molecular flexibility index (Phi) is 5.10. The molecule has 1 aromatic rings. The van der Waals surface area contributed by atoms with Crippen LogP contribution in [0.15, 0.2) is 30.3 Å². The molecule has 0 saturated carbocycles. The van der Waals surface area contributed by atoms with Gasteiger partial charge in [-0.1, -0.05) is 31.0 Å². The van der Waals surface area contributed by atoms with Crippen molar-refractivity contribution in [3.63, 3.8) is 0 Å². The molecule has 1 unspecified atom stereocenters. The zero-order valence-electron chi connectivity index (χ0n) is 9.36. The summed E-state index contributed by atoms with van der Waals surface area (Å²) in [7, 11) is 0. The lowest BCUT2D eigenvalue weighted by Crippen LogP contribution is -2.34. The molecule has 16 heavy (non-hydrogen) atoms. The number of para-hydroxylation sites is 1. The van der Waals surface area contributed by atoms with Crippen LogP contribution in [0.25, 0.3) is 0 Å². The fourth-order valence-electron chi connectivity index (χ4n) is 1.26. The first-order valence-corrected chi connectivity index (χ1v) is 5.30. The van der Waals surface area contributed by atoms with Gasteiger partial charge in [-0.2, -0.15) is 0 Å². The van der Waals surface area contributed by atoms with Gasteiger partial charge in [0.1, 0.15) is 0 Å². The number of benzene rings is 1. The van der Waals surface area contributed by atoms with Crippen LogP contribution in [0.5, 0.6) is 0 Å². The monoisotopic (exact) mass is 216 g/mol. The minimum Gasteiger partial charge on any atom is -0.325 e. The van der Waals surface area contributed by atoms with Crippen molar-refractivity contribution in [2.45, 2.75) is 19.4 Å². The Balaban J connectivity index is 2.35. The lowest BCUT2D eigenvalue weighted by molar-refractivity contribution is -0.115. The van der Waals surface area contributed by atoms with Gasteiger partial charge in [0.05, 0.1) is 12.6 Å². The van der Waals surface area contributed by atoms with E-state index >= 15 is 0 Å². The first kappa shape index (κ1) is 12.3. The zero-order valence-corrected chi connectivity index (χ0v) is 9.36. The molecule has 1 amide bonds. The first-order chi connectivity index (χ1) is 7.76. The van der Waals surface area contributed by atoms with Crippen molar-refractivity contribution < 1.29 is 4.79 Å². The Morgan fingerprint density at radius 3 is 2.69 bits per heavy atom. The van der Waals surface area contributed by atoms with E-state index in [0.717, 1.165) is 12.1 Å². The first-order valence-electron chi connectivity index (χ1n) is 5.30. The Morgan fingerprint density at radius 1 is 1.44 bits per heavy atom. The van der Waals surface area contributed by atoms with E-state index in [1.807, 2.05) is 37.3 Å². The molecule has 0 saturated heterocycles. The van der Waals surface area contributed by atoms with E-state index in [4.69, 9.17) is 6.42 Å². The summed E-state index contributed by atoms with van der Waals surface area (Å²) in [5.74, 6) is 2.50. The molecule has 84 valence electrons. The Morgan fingerprint density at radius 2 is 2.12 bits per heavy atom. The van der Waals surface area contributed by atoms with Gasteiger partial charge in [0.15, 0.2) is 0 Å². The summed E-state index contributed by atoms with van der Waals surface area (Å²) in [4.78, 5) is 11.5. The number of hydrogen-bond donors (Lipinski definition) is 2. The summed E-state index contributed by atoms with van der Waals surface area (Å²) in [6, 6.07) is 9.30. The van der Waals surface area contributed by atoms with Gasteiger partial charge in [0.2, 0.25) is 5.91 Å². The van der Waals surface area contributed by atoms with Crippen LogP contribution in [0.2, 0.25) is 0 Å². The van der Waals surface area contributed by atoms with E-state index in [1.165, 1.54) is 0 Å². The smallest absolute Gasteiger partial charge is 0.238 e. The third-order valence-corrected chi connectivity index (χ3v) is 2.18. The van der Waals surface area contributed by atoms with E-state index in [0.29, 0.717) is 0 Å². The van der Waals surface area contributed by atoms with Crippen molar-refractivity contribution in [3.8, 4) is 12.3 Å². The fourth-order valence-corrected chi connectivity index (χ4v) is 1.26. The molecule has 1 rings (SSSR count). The predicted octanol–water partition coefficient (Wildman–Crippen LogP) is 1.63. The highest BCUT2D eigenvalue weighted by Crippen LogP contribution is 2.04. The maximum Gasteiger partial charge on any atom is 0.238 e. The van der Waals surface area contributed by atoms with Gasteiger partial charge in [-0.05, 0) is 18.6 Å². The number of anilines is 1. The van der Waals surface area contributed by atoms with Crippen molar-refractivity contribution in [2.75, 3.05) is 11.9 Å². The van der Waals surface area contributed by atoms with Crippen LogP contribution < -0.4 is 10.6 Å². The third kappa shape index (κ3) is 4.16. The van der Waals surface area contributed by atoms with Crippen LogP contribution in [-0.4, -0.2) is 18.5 Å². The van der Waals surface area contributed by atoms with Gasteiger partial charge >= 0.3 is 0 Å². The molecule has 3 nitrogen and oxygen atoms in total. The Labute approximate surface area is 96.2 Å². The second-order valence-corrected chi connectivity index (χ2v) is 3.42. The normalized spacial score (nSPS) is 11.5. The minimum absolute atomic E-state index is 0.0403. The van der Waals surface area contributed by atoms with E-state index in [9.17, 15) is 4.79 Å². The van der Waals surface area contributed by atoms with Crippen LogP contribution in [0.1, 0.15) is 13.3 Å². The molecule has 1 atom stereocenters. The number of carbonyl (C=O) groups excluding carboxylic acids is 1. The zero-order chi connectivity index (χ0) is 11.8. The molecule has 0 aliphatic rings. The van der Waals surface area contributed by atoms with Crippen LogP contribution in [0.3, 0.4) is 0 Å². The van der Waals surface area contributed by atoms with Gasteiger partial charge in [0.25, 0.3) is 0 Å². The number of terminal acetylenes is 1. The summed E-state index contributed by atoms with van der Waals surface area (Å²) in [6.45, 7) is 2.21. The summed E-state index contributed by atoms with van der Waals surface area (Å²) in [6.07, 6.45) is 6.09. The van der Waals surface area contributed by atoms with E-state index in [-0.39, 0.29) is 18.5 Å². The van der Waals surface area contributed by atoms with Crippen molar-refractivity contribution in [1.29, 1.82) is 0 Å². The molecule has 3 heteroatoms. The highest BCUT2D eigenvalue weighted by atomic mass is 16.1. The lowest BCUT2D eigenvalue weighted by Gasteiger charge is -2.10.